The monoisotopic (exact) mass is 202 g/mol. The molecule has 0 amide bonds. The Morgan fingerprint density at radius 2 is 1.00 bits per heavy atom. The molecule has 0 nitrogen and oxygen atoms in total. The summed E-state index contributed by atoms with van der Waals surface area (Å²) in [6, 6.07) is 17.6. The van der Waals surface area contributed by atoms with Gasteiger partial charge in [-0.1, -0.05) is 36.4 Å². The standard InChI is InChI=1S/C16H10/c1-2-4-12-8-16-10-14-6-5-13(14)9-15(16)7-11(12)3-1/h1-10H. The van der Waals surface area contributed by atoms with Gasteiger partial charge in [-0.3, -0.25) is 0 Å². The van der Waals surface area contributed by atoms with Crippen molar-refractivity contribution < 1.29 is 0 Å². The minimum Gasteiger partial charge on any atom is -0.0616 e. The Hall–Kier alpha value is -2.08. The highest BCUT2D eigenvalue weighted by Gasteiger charge is 2.07. The molecule has 0 saturated heterocycles. The van der Waals surface area contributed by atoms with E-state index in [1.807, 2.05) is 0 Å². The van der Waals surface area contributed by atoms with E-state index in [9.17, 15) is 0 Å². The summed E-state index contributed by atoms with van der Waals surface area (Å²) in [5.41, 5.74) is 2.73. The quantitative estimate of drug-likeness (QED) is 0.369. The van der Waals surface area contributed by atoms with Gasteiger partial charge in [0, 0.05) is 0 Å². The van der Waals surface area contributed by atoms with E-state index in [1.54, 1.807) is 0 Å². The van der Waals surface area contributed by atoms with Crippen molar-refractivity contribution in [3.05, 3.63) is 59.7 Å². The predicted octanol–water partition coefficient (Wildman–Crippen LogP) is 4.48. The first-order chi connectivity index (χ1) is 7.90. The molecule has 4 rings (SSSR count). The lowest BCUT2D eigenvalue weighted by atomic mass is 9.92. The van der Waals surface area contributed by atoms with Gasteiger partial charge < -0.3 is 0 Å². The highest BCUT2D eigenvalue weighted by Crippen LogP contribution is 2.31. The molecule has 0 aromatic heterocycles. The molecule has 0 N–H and O–H groups in total. The molecule has 0 heteroatoms. The first-order valence-corrected chi connectivity index (χ1v) is 5.55. The van der Waals surface area contributed by atoms with Crippen molar-refractivity contribution in [1.82, 2.24) is 0 Å². The number of rotatable bonds is 0. The summed E-state index contributed by atoms with van der Waals surface area (Å²) in [6.45, 7) is 0. The Bertz CT molecular complexity index is 684. The van der Waals surface area contributed by atoms with Crippen molar-refractivity contribution in [3.63, 3.8) is 0 Å². The van der Waals surface area contributed by atoms with Crippen LogP contribution in [0.1, 0.15) is 11.1 Å². The third-order valence-electron chi connectivity index (χ3n) is 3.35. The molecular weight excluding hydrogens is 192 g/mol. The van der Waals surface area contributed by atoms with Gasteiger partial charge >= 0.3 is 0 Å². The topological polar surface area (TPSA) is 0 Å². The largest absolute Gasteiger partial charge is 0.0616 e. The summed E-state index contributed by atoms with van der Waals surface area (Å²) < 4.78 is 0. The molecule has 0 heterocycles. The fraction of sp³-hybridized carbons (Fsp3) is 0. The van der Waals surface area contributed by atoms with E-state index in [4.69, 9.17) is 0 Å². The molecule has 0 fully saturated rings. The number of hydrogen-bond acceptors (Lipinski definition) is 0. The summed E-state index contributed by atoms with van der Waals surface area (Å²) in [7, 11) is 0. The Kier molecular flexibility index (Phi) is 1.39. The zero-order valence-electron chi connectivity index (χ0n) is 8.77. The Morgan fingerprint density at radius 1 is 0.500 bits per heavy atom. The fourth-order valence-corrected chi connectivity index (χ4v) is 2.40. The van der Waals surface area contributed by atoms with Crippen LogP contribution in [0.2, 0.25) is 0 Å². The molecule has 74 valence electrons. The van der Waals surface area contributed by atoms with Crippen LogP contribution < -0.4 is 0 Å². The molecular formula is C16H10. The minimum absolute atomic E-state index is 1.32. The van der Waals surface area contributed by atoms with Gasteiger partial charge in [0.1, 0.15) is 0 Å². The van der Waals surface area contributed by atoms with Gasteiger partial charge in [-0.05, 0) is 56.9 Å². The van der Waals surface area contributed by atoms with Crippen LogP contribution in [-0.4, -0.2) is 0 Å². The third kappa shape index (κ3) is 0.989. The highest BCUT2D eigenvalue weighted by molar-refractivity contribution is 6.02. The van der Waals surface area contributed by atoms with Crippen LogP contribution in [0.25, 0.3) is 33.7 Å². The summed E-state index contributed by atoms with van der Waals surface area (Å²) in [5, 5.41) is 5.31. The average molecular weight is 202 g/mol. The summed E-state index contributed by atoms with van der Waals surface area (Å²) >= 11 is 0. The van der Waals surface area contributed by atoms with Crippen LogP contribution in [0.3, 0.4) is 0 Å². The minimum atomic E-state index is 1.32. The van der Waals surface area contributed by atoms with Crippen molar-refractivity contribution in [2.75, 3.05) is 0 Å². The maximum Gasteiger partial charge on any atom is -0.0171 e. The SMILES string of the molecule is C1=Cc2cc3cc4ccccc4cc3cc21. The van der Waals surface area contributed by atoms with E-state index in [-0.39, 0.29) is 0 Å². The second kappa shape index (κ2) is 2.73. The van der Waals surface area contributed by atoms with Crippen LogP contribution in [0, 0.1) is 0 Å². The van der Waals surface area contributed by atoms with Gasteiger partial charge in [-0.2, -0.15) is 0 Å². The molecule has 0 radical (unpaired) electrons. The van der Waals surface area contributed by atoms with Gasteiger partial charge in [-0.25, -0.2) is 0 Å². The van der Waals surface area contributed by atoms with Crippen LogP contribution in [0.5, 0.6) is 0 Å². The molecule has 0 atom stereocenters. The molecule has 1 aliphatic rings. The lowest BCUT2D eigenvalue weighted by Gasteiger charge is -2.12. The lowest BCUT2D eigenvalue weighted by molar-refractivity contribution is 1.64. The van der Waals surface area contributed by atoms with Gasteiger partial charge in [0.2, 0.25) is 0 Å². The molecule has 16 heavy (non-hydrogen) atoms. The van der Waals surface area contributed by atoms with Gasteiger partial charge in [0.25, 0.3) is 0 Å². The molecule has 0 unspecified atom stereocenters. The molecule has 0 saturated carbocycles. The van der Waals surface area contributed by atoms with Crippen molar-refractivity contribution in [2.24, 2.45) is 0 Å². The van der Waals surface area contributed by atoms with E-state index in [0.29, 0.717) is 0 Å². The van der Waals surface area contributed by atoms with Crippen molar-refractivity contribution in [3.8, 4) is 0 Å². The molecule has 0 aliphatic heterocycles. The second-order valence-corrected chi connectivity index (χ2v) is 4.36. The number of fused-ring (bicyclic) bond motifs is 3. The number of hydrogen-bond donors (Lipinski definition) is 0. The smallest absolute Gasteiger partial charge is 0.0171 e. The first kappa shape index (κ1) is 8.12. The molecule has 3 aromatic rings. The Morgan fingerprint density at radius 3 is 1.44 bits per heavy atom. The van der Waals surface area contributed by atoms with E-state index in [1.165, 1.54) is 32.7 Å². The zero-order valence-corrected chi connectivity index (χ0v) is 8.77. The summed E-state index contributed by atoms with van der Waals surface area (Å²) in [6.07, 6.45) is 4.34. The third-order valence-corrected chi connectivity index (χ3v) is 3.35. The fourth-order valence-electron chi connectivity index (χ4n) is 2.40. The Labute approximate surface area is 93.8 Å². The molecule has 3 aromatic carbocycles. The summed E-state index contributed by atoms with van der Waals surface area (Å²) in [5.74, 6) is 0. The summed E-state index contributed by atoms with van der Waals surface area (Å²) in [4.78, 5) is 0. The maximum atomic E-state index is 2.27. The number of benzene rings is 3. The van der Waals surface area contributed by atoms with Crippen LogP contribution >= 0.6 is 0 Å². The molecule has 0 bridgehead atoms. The second-order valence-electron chi connectivity index (χ2n) is 4.36. The Balaban J connectivity index is 2.18. The van der Waals surface area contributed by atoms with Crippen LogP contribution in [0.4, 0.5) is 0 Å². The van der Waals surface area contributed by atoms with Gasteiger partial charge in [-0.15, -0.1) is 0 Å². The van der Waals surface area contributed by atoms with Crippen LogP contribution in [-0.2, 0) is 0 Å². The maximum absolute atomic E-state index is 2.27. The van der Waals surface area contributed by atoms with Gasteiger partial charge in [0.05, 0.1) is 0 Å². The van der Waals surface area contributed by atoms with E-state index >= 15 is 0 Å². The van der Waals surface area contributed by atoms with Crippen molar-refractivity contribution in [2.45, 2.75) is 0 Å². The van der Waals surface area contributed by atoms with E-state index in [0.717, 1.165) is 0 Å². The zero-order chi connectivity index (χ0) is 10.5. The van der Waals surface area contributed by atoms with Crippen molar-refractivity contribution in [1.29, 1.82) is 0 Å². The van der Waals surface area contributed by atoms with Crippen molar-refractivity contribution >= 4 is 33.7 Å². The van der Waals surface area contributed by atoms with Gasteiger partial charge in [0.15, 0.2) is 0 Å². The predicted molar refractivity (Wildman–Crippen MR) is 70.4 cm³/mol. The normalized spacial score (nSPS) is 12.8. The van der Waals surface area contributed by atoms with E-state index < -0.39 is 0 Å². The average Bonchev–Trinajstić information content (AvgIpc) is 2.30. The molecule has 0 spiro atoms. The van der Waals surface area contributed by atoms with Crippen LogP contribution in [0.15, 0.2) is 48.5 Å². The lowest BCUT2D eigenvalue weighted by Crippen LogP contribution is -1.89. The first-order valence-electron chi connectivity index (χ1n) is 5.55. The highest BCUT2D eigenvalue weighted by atomic mass is 14.1. The molecule has 1 aliphatic carbocycles. The van der Waals surface area contributed by atoms with E-state index in [2.05, 4.69) is 60.7 Å².